The summed E-state index contributed by atoms with van der Waals surface area (Å²) in [6.45, 7) is 9.95. The first-order chi connectivity index (χ1) is 19.2. The molecule has 0 unspecified atom stereocenters. The molecular formula is C32H42N4O3S. The summed E-state index contributed by atoms with van der Waals surface area (Å²) < 4.78 is 5.52. The number of piperazine rings is 1. The molecule has 0 radical (unpaired) electrons. The number of hydrogen-bond acceptors (Lipinski definition) is 6. The average molecular weight is 563 g/mol. The summed E-state index contributed by atoms with van der Waals surface area (Å²) in [6.07, 6.45) is 6.12. The molecule has 1 aliphatic carbocycles. The zero-order valence-corrected chi connectivity index (χ0v) is 25.1. The Morgan fingerprint density at radius 3 is 2.58 bits per heavy atom. The van der Waals surface area contributed by atoms with Crippen molar-refractivity contribution in [2.24, 2.45) is 5.92 Å². The van der Waals surface area contributed by atoms with Crippen LogP contribution in [0.25, 0.3) is 21.5 Å². The van der Waals surface area contributed by atoms with Crippen molar-refractivity contribution >= 4 is 34.2 Å². The zero-order chi connectivity index (χ0) is 28.3. The second-order valence-corrected chi connectivity index (χ2v) is 13.1. The SMILES string of the molecule is C[C@H](NCc1c(CN2CCN(C(=O)OC(C)(C)C)CC2=O)c(-c2cccs2)nc2ccccc12)C1CCCCC1. The molecule has 7 nitrogen and oxygen atoms in total. The molecule has 3 aromatic rings. The molecule has 0 spiro atoms. The fourth-order valence-corrected chi connectivity index (χ4v) is 6.66. The van der Waals surface area contributed by atoms with E-state index in [1.54, 1.807) is 11.3 Å². The predicted octanol–water partition coefficient (Wildman–Crippen LogP) is 6.60. The summed E-state index contributed by atoms with van der Waals surface area (Å²) in [5.74, 6) is 0.626. The minimum absolute atomic E-state index is 0.0244. The van der Waals surface area contributed by atoms with Gasteiger partial charge in [-0.2, -0.15) is 0 Å². The number of benzene rings is 1. The van der Waals surface area contributed by atoms with Gasteiger partial charge in [0.15, 0.2) is 0 Å². The average Bonchev–Trinajstić information content (AvgIpc) is 3.47. The summed E-state index contributed by atoms with van der Waals surface area (Å²) in [7, 11) is 0. The van der Waals surface area contributed by atoms with Crippen LogP contribution in [0.3, 0.4) is 0 Å². The lowest BCUT2D eigenvalue weighted by atomic mass is 9.84. The van der Waals surface area contributed by atoms with Crippen LogP contribution in [0.1, 0.15) is 70.9 Å². The van der Waals surface area contributed by atoms with E-state index in [4.69, 9.17) is 9.72 Å². The number of carbonyl (C=O) groups excluding carboxylic acids is 2. The lowest BCUT2D eigenvalue weighted by Gasteiger charge is -2.36. The van der Waals surface area contributed by atoms with E-state index in [0.29, 0.717) is 31.6 Å². The molecule has 2 aliphatic rings. The highest BCUT2D eigenvalue weighted by atomic mass is 32.1. The van der Waals surface area contributed by atoms with Crippen LogP contribution in [0.2, 0.25) is 0 Å². The first kappa shape index (κ1) is 28.6. The molecule has 0 bridgehead atoms. The number of pyridine rings is 1. The molecule has 1 saturated heterocycles. The monoisotopic (exact) mass is 562 g/mol. The molecule has 5 rings (SSSR count). The maximum atomic E-state index is 13.4. The smallest absolute Gasteiger partial charge is 0.410 e. The molecule has 3 heterocycles. The third kappa shape index (κ3) is 6.66. The Hall–Kier alpha value is -2.97. The maximum Gasteiger partial charge on any atom is 0.410 e. The molecular weight excluding hydrogens is 520 g/mol. The summed E-state index contributed by atoms with van der Waals surface area (Å²) in [4.78, 5) is 35.6. The number of para-hydroxylation sites is 1. The number of fused-ring (bicyclic) bond motifs is 1. The van der Waals surface area contributed by atoms with Crippen LogP contribution >= 0.6 is 11.3 Å². The second kappa shape index (κ2) is 12.3. The number of nitrogens with zero attached hydrogens (tertiary/aromatic N) is 3. The van der Waals surface area contributed by atoms with Crippen LogP contribution in [-0.4, -0.2) is 58.1 Å². The number of amides is 2. The summed E-state index contributed by atoms with van der Waals surface area (Å²) in [6, 6.07) is 12.9. The van der Waals surface area contributed by atoms with Crippen LogP contribution in [-0.2, 0) is 22.6 Å². The van der Waals surface area contributed by atoms with Gasteiger partial charge < -0.3 is 15.0 Å². The Morgan fingerprint density at radius 2 is 1.88 bits per heavy atom. The number of hydrogen-bond donors (Lipinski definition) is 1. The van der Waals surface area contributed by atoms with Crippen molar-refractivity contribution in [3.8, 4) is 10.6 Å². The Labute approximate surface area is 241 Å². The molecule has 2 aromatic heterocycles. The molecule has 1 atom stereocenters. The Kier molecular flexibility index (Phi) is 8.76. The van der Waals surface area contributed by atoms with Crippen LogP contribution in [0, 0.1) is 5.92 Å². The standard InChI is InChI=1S/C32H42N4O3S/c1-22(23-11-6-5-7-12-23)33-19-25-24-13-8-9-14-27(24)34-30(28-15-10-18-40-28)26(25)20-35-16-17-36(21-29(35)37)31(38)39-32(2,3)4/h8-10,13-15,18,22-23,33H,5-7,11-12,16-17,19-21H2,1-4H3/t22-/m0/s1. The van der Waals surface area contributed by atoms with E-state index < -0.39 is 11.7 Å². The molecule has 1 N–H and O–H groups in total. The number of carbonyl (C=O) groups is 2. The summed E-state index contributed by atoms with van der Waals surface area (Å²) >= 11 is 1.67. The third-order valence-electron chi connectivity index (χ3n) is 8.14. The second-order valence-electron chi connectivity index (χ2n) is 12.2. The largest absolute Gasteiger partial charge is 0.444 e. The normalized spacial score (nSPS) is 17.9. The van der Waals surface area contributed by atoms with Crippen molar-refractivity contribution in [1.82, 2.24) is 20.1 Å². The lowest BCUT2D eigenvalue weighted by Crippen LogP contribution is -2.52. The molecule has 2 amide bonds. The minimum atomic E-state index is -0.597. The van der Waals surface area contributed by atoms with Gasteiger partial charge in [0.05, 0.1) is 16.1 Å². The van der Waals surface area contributed by atoms with Crippen LogP contribution in [0.4, 0.5) is 4.79 Å². The lowest BCUT2D eigenvalue weighted by molar-refractivity contribution is -0.136. The number of ether oxygens (including phenoxy) is 1. The highest BCUT2D eigenvalue weighted by Gasteiger charge is 2.32. The predicted molar refractivity (Wildman–Crippen MR) is 161 cm³/mol. The van der Waals surface area contributed by atoms with Gasteiger partial charge in [0, 0.05) is 43.2 Å². The zero-order valence-electron chi connectivity index (χ0n) is 24.2. The molecule has 8 heteroatoms. The van der Waals surface area contributed by atoms with Crippen molar-refractivity contribution in [3.63, 3.8) is 0 Å². The van der Waals surface area contributed by atoms with Crippen molar-refractivity contribution in [2.45, 2.75) is 84.5 Å². The van der Waals surface area contributed by atoms with E-state index in [0.717, 1.165) is 33.6 Å². The van der Waals surface area contributed by atoms with Crippen molar-refractivity contribution < 1.29 is 14.3 Å². The Balaban J connectivity index is 1.44. The van der Waals surface area contributed by atoms with Gasteiger partial charge in [-0.3, -0.25) is 9.69 Å². The highest BCUT2D eigenvalue weighted by Crippen LogP contribution is 2.34. The molecule has 1 saturated carbocycles. The fourth-order valence-electron chi connectivity index (χ4n) is 5.92. The van der Waals surface area contributed by atoms with Gasteiger partial charge >= 0.3 is 6.09 Å². The van der Waals surface area contributed by atoms with Crippen LogP contribution in [0.5, 0.6) is 0 Å². The maximum absolute atomic E-state index is 13.4. The Morgan fingerprint density at radius 1 is 1.10 bits per heavy atom. The molecule has 1 aliphatic heterocycles. The van der Waals surface area contributed by atoms with Gasteiger partial charge in [0.2, 0.25) is 5.91 Å². The Bertz CT molecular complexity index is 1330. The van der Waals surface area contributed by atoms with E-state index >= 15 is 0 Å². The van der Waals surface area contributed by atoms with E-state index in [9.17, 15) is 9.59 Å². The van der Waals surface area contributed by atoms with Gasteiger partial charge in [-0.15, -0.1) is 11.3 Å². The molecule has 1 aromatic carbocycles. The quantitative estimate of drug-likeness (QED) is 0.351. The van der Waals surface area contributed by atoms with E-state index in [1.807, 2.05) is 31.7 Å². The van der Waals surface area contributed by atoms with Crippen molar-refractivity contribution in [1.29, 1.82) is 0 Å². The van der Waals surface area contributed by atoms with Crippen LogP contribution in [0.15, 0.2) is 41.8 Å². The topological polar surface area (TPSA) is 74.8 Å². The number of nitrogens with one attached hydrogen (secondary N) is 1. The van der Waals surface area contributed by atoms with Gasteiger partial charge in [-0.1, -0.05) is 43.5 Å². The number of thiophene rings is 1. The van der Waals surface area contributed by atoms with Crippen molar-refractivity contribution in [2.75, 3.05) is 19.6 Å². The van der Waals surface area contributed by atoms with Gasteiger partial charge in [-0.25, -0.2) is 9.78 Å². The van der Waals surface area contributed by atoms with Crippen molar-refractivity contribution in [3.05, 3.63) is 52.9 Å². The fraction of sp³-hybridized carbons (Fsp3) is 0.531. The first-order valence-electron chi connectivity index (χ1n) is 14.6. The van der Waals surface area contributed by atoms with Gasteiger partial charge in [0.25, 0.3) is 0 Å². The van der Waals surface area contributed by atoms with Crippen LogP contribution < -0.4 is 5.32 Å². The van der Waals surface area contributed by atoms with Gasteiger partial charge in [-0.05, 0) is 69.5 Å². The van der Waals surface area contributed by atoms with E-state index in [2.05, 4.69) is 48.0 Å². The summed E-state index contributed by atoms with van der Waals surface area (Å²) in [5.41, 5.74) is 3.61. The van der Waals surface area contributed by atoms with E-state index in [-0.39, 0.29) is 12.5 Å². The minimum Gasteiger partial charge on any atom is -0.444 e. The number of rotatable bonds is 7. The third-order valence-corrected chi connectivity index (χ3v) is 9.02. The molecule has 40 heavy (non-hydrogen) atoms. The highest BCUT2D eigenvalue weighted by molar-refractivity contribution is 7.13. The molecule has 214 valence electrons. The summed E-state index contributed by atoms with van der Waals surface area (Å²) in [5, 5.41) is 7.07. The number of aromatic nitrogens is 1. The van der Waals surface area contributed by atoms with E-state index in [1.165, 1.54) is 42.6 Å². The molecule has 2 fully saturated rings. The first-order valence-corrected chi connectivity index (χ1v) is 15.5. The van der Waals surface area contributed by atoms with Gasteiger partial charge in [0.1, 0.15) is 12.1 Å².